The van der Waals surface area contributed by atoms with Crippen molar-refractivity contribution in [3.8, 4) is 0 Å². The molecular weight excluding hydrogens is 298 g/mol. The van der Waals surface area contributed by atoms with Crippen LogP contribution in [0.2, 0.25) is 0 Å². The van der Waals surface area contributed by atoms with Crippen molar-refractivity contribution in [1.29, 1.82) is 0 Å². The van der Waals surface area contributed by atoms with Crippen LogP contribution in [-0.2, 0) is 9.53 Å². The topological polar surface area (TPSA) is 30.7 Å². The molecule has 0 aromatic heterocycles. The van der Waals surface area contributed by atoms with Crippen molar-refractivity contribution < 1.29 is 14.4 Å². The van der Waals surface area contributed by atoms with Gasteiger partial charge in [0.15, 0.2) is 0 Å². The molecule has 2 aliphatic heterocycles. The number of rotatable bonds is 2. The largest absolute Gasteiger partial charge is 0.462 e. The summed E-state index contributed by atoms with van der Waals surface area (Å²) in [5.74, 6) is 2.09. The second kappa shape index (κ2) is 6.16. The van der Waals surface area contributed by atoms with Crippen molar-refractivity contribution in [3.63, 3.8) is 0 Å². The number of allylic oxidation sites excluding steroid dienone is 1. The molecule has 0 amide bonds. The molecule has 2 aliphatic carbocycles. The first-order valence-electron chi connectivity index (χ1n) is 10.2. The predicted octanol–water partition coefficient (Wildman–Crippen LogP) is 2.62. The van der Waals surface area contributed by atoms with E-state index in [4.69, 9.17) is 4.74 Å². The molecule has 0 aromatic carbocycles. The molecule has 4 fully saturated rings. The van der Waals surface area contributed by atoms with Gasteiger partial charge in [-0.2, -0.15) is 0 Å². The van der Waals surface area contributed by atoms with Gasteiger partial charge in [0.1, 0.15) is 12.0 Å². The maximum absolute atomic E-state index is 12.6. The average molecular weight is 333 g/mol. The lowest BCUT2D eigenvalue weighted by Crippen LogP contribution is -3.14. The number of hydrogen-bond acceptors (Lipinski definition) is 2. The van der Waals surface area contributed by atoms with Gasteiger partial charge in [-0.3, -0.25) is 4.79 Å². The van der Waals surface area contributed by atoms with E-state index in [9.17, 15) is 4.79 Å². The standard InChI is InChI=1S/C21H33NO2/c1-14-6-5-9-22(12-14)13-17-16-10-18-15(2)7-4-8-21(18,3)11-19(16)24-20(17)23/h14,16-19H,2,4-13H2,1,3H3/p+1/t14-,16-,17+,18-,19+,21+/m1/s1. The van der Waals surface area contributed by atoms with E-state index in [1.54, 1.807) is 4.90 Å². The third kappa shape index (κ3) is 2.83. The smallest absolute Gasteiger partial charge is 0.315 e. The number of carbonyl (C=O) groups is 1. The number of fused-ring (bicyclic) bond motifs is 2. The summed E-state index contributed by atoms with van der Waals surface area (Å²) in [5.41, 5.74) is 1.76. The Labute approximate surface area is 146 Å². The summed E-state index contributed by atoms with van der Waals surface area (Å²) in [6.45, 7) is 12.6. The number of esters is 1. The van der Waals surface area contributed by atoms with Gasteiger partial charge in [0, 0.05) is 11.8 Å². The average Bonchev–Trinajstić information content (AvgIpc) is 2.80. The van der Waals surface area contributed by atoms with Gasteiger partial charge in [-0.25, -0.2) is 0 Å². The fourth-order valence-corrected chi connectivity index (χ4v) is 6.38. The van der Waals surface area contributed by atoms with Gasteiger partial charge in [0.25, 0.3) is 0 Å². The normalized spacial score (nSPS) is 48.6. The minimum Gasteiger partial charge on any atom is -0.462 e. The highest BCUT2D eigenvalue weighted by atomic mass is 16.6. The number of carbonyl (C=O) groups excluding carboxylic acids is 1. The maximum atomic E-state index is 12.6. The second-order valence-electron chi connectivity index (χ2n) is 9.56. The van der Waals surface area contributed by atoms with Gasteiger partial charge in [-0.05, 0) is 56.3 Å². The number of piperidine rings is 1. The molecule has 4 aliphatic rings. The molecule has 7 atom stereocenters. The number of likely N-dealkylation sites (tertiary alicyclic amines) is 1. The lowest BCUT2D eigenvalue weighted by molar-refractivity contribution is -0.911. The van der Waals surface area contributed by atoms with Crippen molar-refractivity contribution >= 4 is 5.97 Å². The van der Waals surface area contributed by atoms with Crippen molar-refractivity contribution in [2.75, 3.05) is 19.6 Å². The van der Waals surface area contributed by atoms with E-state index in [-0.39, 0.29) is 18.0 Å². The van der Waals surface area contributed by atoms with Crippen LogP contribution in [0.15, 0.2) is 12.2 Å². The fraction of sp³-hybridized carbons (Fsp3) is 0.857. The van der Waals surface area contributed by atoms with E-state index in [0.29, 0.717) is 17.3 Å². The zero-order valence-corrected chi connectivity index (χ0v) is 15.5. The first-order valence-corrected chi connectivity index (χ1v) is 10.2. The highest BCUT2D eigenvalue weighted by Gasteiger charge is 2.56. The molecule has 4 rings (SSSR count). The summed E-state index contributed by atoms with van der Waals surface area (Å²) >= 11 is 0. The Morgan fingerprint density at radius 3 is 3.00 bits per heavy atom. The monoisotopic (exact) mass is 332 g/mol. The summed E-state index contributed by atoms with van der Waals surface area (Å²) in [7, 11) is 0. The van der Waals surface area contributed by atoms with Crippen molar-refractivity contribution in [1.82, 2.24) is 0 Å². The van der Waals surface area contributed by atoms with Crippen LogP contribution in [0.5, 0.6) is 0 Å². The molecule has 1 unspecified atom stereocenters. The Morgan fingerprint density at radius 2 is 2.21 bits per heavy atom. The van der Waals surface area contributed by atoms with Gasteiger partial charge in [-0.1, -0.05) is 26.0 Å². The first kappa shape index (κ1) is 16.6. The van der Waals surface area contributed by atoms with Crippen LogP contribution in [0.4, 0.5) is 0 Å². The van der Waals surface area contributed by atoms with Crippen LogP contribution in [0.3, 0.4) is 0 Å². The second-order valence-corrected chi connectivity index (χ2v) is 9.56. The van der Waals surface area contributed by atoms with Crippen LogP contribution in [-0.4, -0.2) is 31.7 Å². The number of quaternary nitrogens is 1. The van der Waals surface area contributed by atoms with E-state index < -0.39 is 0 Å². The van der Waals surface area contributed by atoms with Gasteiger partial charge >= 0.3 is 5.97 Å². The van der Waals surface area contributed by atoms with Gasteiger partial charge < -0.3 is 9.64 Å². The van der Waals surface area contributed by atoms with Crippen LogP contribution in [0.1, 0.15) is 58.8 Å². The Balaban J connectivity index is 1.49. The molecule has 134 valence electrons. The highest BCUT2D eigenvalue weighted by Crippen LogP contribution is 2.56. The van der Waals surface area contributed by atoms with Crippen molar-refractivity contribution in [2.24, 2.45) is 29.1 Å². The maximum Gasteiger partial charge on any atom is 0.315 e. The van der Waals surface area contributed by atoms with Gasteiger partial charge in [0.2, 0.25) is 0 Å². The zero-order valence-electron chi connectivity index (χ0n) is 15.5. The molecule has 2 saturated heterocycles. The Kier molecular flexibility index (Phi) is 4.27. The lowest BCUT2D eigenvalue weighted by atomic mass is 9.55. The van der Waals surface area contributed by atoms with Gasteiger partial charge in [0.05, 0.1) is 19.6 Å². The number of ether oxygens (including phenoxy) is 1. The summed E-state index contributed by atoms with van der Waals surface area (Å²) in [4.78, 5) is 14.3. The molecule has 2 saturated carbocycles. The van der Waals surface area contributed by atoms with E-state index in [1.807, 2.05) is 0 Å². The molecule has 0 radical (unpaired) electrons. The quantitative estimate of drug-likeness (QED) is 0.622. The van der Waals surface area contributed by atoms with E-state index >= 15 is 0 Å². The van der Waals surface area contributed by atoms with Crippen LogP contribution in [0, 0.1) is 29.1 Å². The van der Waals surface area contributed by atoms with Crippen LogP contribution in [0.25, 0.3) is 0 Å². The molecule has 0 bridgehead atoms. The number of hydrogen-bond donors (Lipinski definition) is 1. The summed E-state index contributed by atoms with van der Waals surface area (Å²) in [6, 6.07) is 0. The van der Waals surface area contributed by atoms with Crippen molar-refractivity contribution in [3.05, 3.63) is 12.2 Å². The minimum atomic E-state index is 0.101. The third-order valence-electron chi connectivity index (χ3n) is 7.69. The van der Waals surface area contributed by atoms with Crippen molar-refractivity contribution in [2.45, 2.75) is 64.9 Å². The predicted molar refractivity (Wildman–Crippen MR) is 94.6 cm³/mol. The fourth-order valence-electron chi connectivity index (χ4n) is 6.38. The lowest BCUT2D eigenvalue weighted by Gasteiger charge is -2.50. The summed E-state index contributed by atoms with van der Waals surface area (Å²) in [6.07, 6.45) is 8.76. The van der Waals surface area contributed by atoms with Gasteiger partial charge in [-0.15, -0.1) is 0 Å². The summed E-state index contributed by atoms with van der Waals surface area (Å²) in [5, 5.41) is 0. The molecule has 2 heterocycles. The molecule has 0 spiro atoms. The van der Waals surface area contributed by atoms with E-state index in [1.165, 1.54) is 50.8 Å². The third-order valence-corrected chi connectivity index (χ3v) is 7.69. The number of nitrogens with one attached hydrogen (secondary N) is 1. The molecule has 3 heteroatoms. The first-order chi connectivity index (χ1) is 11.5. The summed E-state index contributed by atoms with van der Waals surface area (Å²) < 4.78 is 5.91. The Bertz CT molecular complexity index is 530. The minimum absolute atomic E-state index is 0.101. The van der Waals surface area contributed by atoms with Crippen LogP contribution < -0.4 is 4.90 Å². The van der Waals surface area contributed by atoms with E-state index in [2.05, 4.69) is 20.4 Å². The Morgan fingerprint density at radius 1 is 1.38 bits per heavy atom. The molecule has 0 aromatic rings. The molecule has 24 heavy (non-hydrogen) atoms. The Hall–Kier alpha value is -0.830. The molecular formula is C21H34NO2+. The zero-order chi connectivity index (χ0) is 16.9. The SMILES string of the molecule is C=C1CCC[C@@]2(C)C[C@@H]3OC(=O)[C@@H](C[NH+]4CCC[C@@H](C)C4)[C@H]3C[C@H]12. The highest BCUT2D eigenvalue weighted by molar-refractivity contribution is 5.75. The molecule has 1 N–H and O–H groups in total. The van der Waals surface area contributed by atoms with Crippen LogP contribution >= 0.6 is 0 Å². The molecule has 3 nitrogen and oxygen atoms in total. The van der Waals surface area contributed by atoms with E-state index in [0.717, 1.165) is 25.3 Å².